The van der Waals surface area contributed by atoms with Crippen LogP contribution in [0.2, 0.25) is 0 Å². The fourth-order valence-electron chi connectivity index (χ4n) is 2.30. The predicted octanol–water partition coefficient (Wildman–Crippen LogP) is 1.44. The van der Waals surface area contributed by atoms with Crippen molar-refractivity contribution in [2.24, 2.45) is 5.92 Å². The zero-order valence-electron chi connectivity index (χ0n) is 10.7. The van der Waals surface area contributed by atoms with E-state index in [9.17, 15) is 20.0 Å². The van der Waals surface area contributed by atoms with Crippen LogP contribution in [0.4, 0.5) is 5.69 Å². The second-order valence-corrected chi connectivity index (χ2v) is 4.86. The molecule has 6 nitrogen and oxygen atoms in total. The van der Waals surface area contributed by atoms with Gasteiger partial charge in [-0.3, -0.25) is 14.9 Å². The first-order valence-corrected chi connectivity index (χ1v) is 6.21. The Kier molecular flexibility index (Phi) is 3.80. The first-order valence-electron chi connectivity index (χ1n) is 6.21. The molecule has 1 heterocycles. The number of carbonyl (C=O) groups excluding carboxylic acids is 1. The zero-order valence-corrected chi connectivity index (χ0v) is 10.7. The van der Waals surface area contributed by atoms with Crippen LogP contribution >= 0.6 is 0 Å². The minimum atomic E-state index is -0.546. The van der Waals surface area contributed by atoms with Gasteiger partial charge in [-0.25, -0.2) is 0 Å². The molecule has 0 aliphatic carbocycles. The molecule has 1 fully saturated rings. The zero-order chi connectivity index (χ0) is 14.0. The Balaban J connectivity index is 2.23. The average molecular weight is 264 g/mol. The second-order valence-electron chi connectivity index (χ2n) is 4.86. The van der Waals surface area contributed by atoms with Gasteiger partial charge < -0.3 is 10.0 Å². The molecule has 1 saturated heterocycles. The van der Waals surface area contributed by atoms with E-state index in [1.807, 2.05) is 6.92 Å². The van der Waals surface area contributed by atoms with E-state index in [0.717, 1.165) is 0 Å². The Morgan fingerprint density at radius 2 is 2.16 bits per heavy atom. The molecular weight excluding hydrogens is 248 g/mol. The van der Waals surface area contributed by atoms with E-state index in [1.165, 1.54) is 18.2 Å². The van der Waals surface area contributed by atoms with Crippen LogP contribution in [-0.2, 0) is 0 Å². The maximum Gasteiger partial charge on any atom is 0.282 e. The highest BCUT2D eigenvalue weighted by atomic mass is 16.6. The molecule has 2 atom stereocenters. The second kappa shape index (κ2) is 5.36. The van der Waals surface area contributed by atoms with Crippen LogP contribution in [0.15, 0.2) is 24.3 Å². The van der Waals surface area contributed by atoms with E-state index in [1.54, 1.807) is 11.0 Å². The summed E-state index contributed by atoms with van der Waals surface area (Å²) in [6.07, 6.45) is 0.0999. The maximum absolute atomic E-state index is 12.3. The molecule has 0 aromatic heterocycles. The molecule has 0 radical (unpaired) electrons. The van der Waals surface area contributed by atoms with Crippen molar-refractivity contribution in [3.8, 4) is 0 Å². The highest BCUT2D eigenvalue weighted by Gasteiger charge is 2.30. The lowest BCUT2D eigenvalue weighted by molar-refractivity contribution is -0.385. The van der Waals surface area contributed by atoms with Gasteiger partial charge in [-0.15, -0.1) is 0 Å². The normalized spacial score (nSPS) is 23.2. The van der Waals surface area contributed by atoms with Gasteiger partial charge in [0.2, 0.25) is 0 Å². The summed E-state index contributed by atoms with van der Waals surface area (Å²) in [6, 6.07) is 5.95. The van der Waals surface area contributed by atoms with Crippen LogP contribution < -0.4 is 0 Å². The Labute approximate surface area is 110 Å². The third-order valence-corrected chi connectivity index (χ3v) is 3.48. The molecule has 2 rings (SSSR count). The molecule has 0 saturated carbocycles. The predicted molar refractivity (Wildman–Crippen MR) is 68.8 cm³/mol. The summed E-state index contributed by atoms with van der Waals surface area (Å²) in [6.45, 7) is 2.71. The van der Waals surface area contributed by atoms with Crippen molar-refractivity contribution >= 4 is 11.6 Å². The number of aliphatic hydroxyl groups is 1. The third-order valence-electron chi connectivity index (χ3n) is 3.48. The highest BCUT2D eigenvalue weighted by Crippen LogP contribution is 2.23. The van der Waals surface area contributed by atoms with Gasteiger partial charge in [0.15, 0.2) is 0 Å². The maximum atomic E-state index is 12.3. The molecule has 1 aromatic rings. The van der Waals surface area contributed by atoms with Gasteiger partial charge in [-0.1, -0.05) is 19.1 Å². The molecule has 102 valence electrons. The quantitative estimate of drug-likeness (QED) is 0.647. The number of carbonyl (C=O) groups is 1. The highest BCUT2D eigenvalue weighted by molar-refractivity contribution is 5.98. The third kappa shape index (κ3) is 2.73. The van der Waals surface area contributed by atoms with Crippen molar-refractivity contribution in [1.82, 2.24) is 4.90 Å². The van der Waals surface area contributed by atoms with Crippen molar-refractivity contribution in [2.75, 3.05) is 13.1 Å². The van der Waals surface area contributed by atoms with Gasteiger partial charge >= 0.3 is 0 Å². The number of piperidine rings is 1. The molecule has 1 N–H and O–H groups in total. The first-order chi connectivity index (χ1) is 9.00. The number of benzene rings is 1. The van der Waals surface area contributed by atoms with Crippen LogP contribution in [0.1, 0.15) is 23.7 Å². The molecule has 6 heteroatoms. The summed E-state index contributed by atoms with van der Waals surface area (Å²) < 4.78 is 0. The number of amides is 1. The van der Waals surface area contributed by atoms with Gasteiger partial charge in [0.05, 0.1) is 11.0 Å². The van der Waals surface area contributed by atoms with E-state index in [-0.39, 0.29) is 23.1 Å². The summed E-state index contributed by atoms with van der Waals surface area (Å²) >= 11 is 0. The molecule has 1 aliphatic rings. The van der Waals surface area contributed by atoms with Gasteiger partial charge in [0.1, 0.15) is 5.56 Å². The number of para-hydroxylation sites is 1. The minimum absolute atomic E-state index is 0.0135. The lowest BCUT2D eigenvalue weighted by atomic mass is 9.96. The van der Waals surface area contributed by atoms with Crippen molar-refractivity contribution < 1.29 is 14.8 Å². The number of hydrogen-bond acceptors (Lipinski definition) is 4. The molecule has 1 aromatic carbocycles. The van der Waals surface area contributed by atoms with E-state index in [4.69, 9.17) is 0 Å². The number of hydrogen-bond donors (Lipinski definition) is 1. The van der Waals surface area contributed by atoms with Crippen LogP contribution in [-0.4, -0.2) is 40.0 Å². The van der Waals surface area contributed by atoms with Gasteiger partial charge in [-0.05, 0) is 18.4 Å². The summed E-state index contributed by atoms with van der Waals surface area (Å²) in [4.78, 5) is 24.3. The summed E-state index contributed by atoms with van der Waals surface area (Å²) in [5.41, 5.74) is -0.0673. The monoisotopic (exact) mass is 264 g/mol. The Morgan fingerprint density at radius 3 is 2.79 bits per heavy atom. The van der Waals surface area contributed by atoms with Crippen LogP contribution in [0.5, 0.6) is 0 Å². The number of nitro benzene ring substituents is 1. The first kappa shape index (κ1) is 13.5. The van der Waals surface area contributed by atoms with E-state index in [0.29, 0.717) is 19.5 Å². The fourth-order valence-corrected chi connectivity index (χ4v) is 2.30. The molecule has 1 amide bonds. The fraction of sp³-hybridized carbons (Fsp3) is 0.462. The topological polar surface area (TPSA) is 83.7 Å². The smallest absolute Gasteiger partial charge is 0.282 e. The lowest BCUT2D eigenvalue weighted by Gasteiger charge is -2.34. The number of aliphatic hydroxyl groups excluding tert-OH is 1. The van der Waals surface area contributed by atoms with Gasteiger partial charge in [0, 0.05) is 19.2 Å². The Morgan fingerprint density at radius 1 is 1.47 bits per heavy atom. The number of rotatable bonds is 2. The van der Waals surface area contributed by atoms with Crippen molar-refractivity contribution in [3.63, 3.8) is 0 Å². The van der Waals surface area contributed by atoms with E-state index in [2.05, 4.69) is 0 Å². The molecule has 1 aliphatic heterocycles. The number of nitro groups is 1. The van der Waals surface area contributed by atoms with Crippen molar-refractivity contribution in [1.29, 1.82) is 0 Å². The van der Waals surface area contributed by atoms with Gasteiger partial charge in [0.25, 0.3) is 11.6 Å². The molecule has 0 bridgehead atoms. The molecule has 2 unspecified atom stereocenters. The van der Waals surface area contributed by atoms with Crippen molar-refractivity contribution in [3.05, 3.63) is 39.9 Å². The summed E-state index contributed by atoms with van der Waals surface area (Å²) in [5, 5.41) is 20.6. The molecular formula is C13H16N2O4. The van der Waals surface area contributed by atoms with E-state index < -0.39 is 11.0 Å². The van der Waals surface area contributed by atoms with E-state index >= 15 is 0 Å². The molecule has 19 heavy (non-hydrogen) atoms. The van der Waals surface area contributed by atoms with Crippen molar-refractivity contribution in [2.45, 2.75) is 19.4 Å². The van der Waals surface area contributed by atoms with Crippen LogP contribution in [0.25, 0.3) is 0 Å². The molecule has 0 spiro atoms. The summed E-state index contributed by atoms with van der Waals surface area (Å²) in [5.74, 6) is -0.355. The average Bonchev–Trinajstić information content (AvgIpc) is 2.41. The van der Waals surface area contributed by atoms with Crippen LogP contribution in [0, 0.1) is 16.0 Å². The summed E-state index contributed by atoms with van der Waals surface area (Å²) in [7, 11) is 0. The van der Waals surface area contributed by atoms with Gasteiger partial charge in [-0.2, -0.15) is 0 Å². The number of nitrogens with zero attached hydrogens (tertiary/aromatic N) is 2. The lowest BCUT2D eigenvalue weighted by Crippen LogP contribution is -2.45. The largest absolute Gasteiger partial charge is 0.393 e. The Hall–Kier alpha value is -1.95. The van der Waals surface area contributed by atoms with Crippen LogP contribution in [0.3, 0.4) is 0 Å². The standard InChI is InChI=1S/C13H16N2O4/c1-9-8-14(7-6-12(9)16)13(17)10-4-2-3-5-11(10)15(18)19/h2-5,9,12,16H,6-8H2,1H3. The Bertz CT molecular complexity index is 503. The minimum Gasteiger partial charge on any atom is -0.393 e. The SMILES string of the molecule is CC1CN(C(=O)c2ccccc2[N+](=O)[O-])CCC1O. The number of likely N-dealkylation sites (tertiary alicyclic amines) is 1.